The van der Waals surface area contributed by atoms with Crippen LogP contribution in [0.15, 0.2) is 105 Å². The molecular weight excluding hydrogens is 540 g/mol. The monoisotopic (exact) mass is 557 g/mol. The average Bonchev–Trinajstić information content (AvgIpc) is 3.36. The first-order valence-corrected chi connectivity index (χ1v) is 12.6. The Kier molecular flexibility index (Phi) is 6.60. The number of nitrogens with zero attached hydrogens (tertiary/aromatic N) is 3. The molecule has 4 aromatic carbocycles. The fraction of sp³-hybridized carbons (Fsp3) is 0.0333. The number of rotatable bonds is 6. The summed E-state index contributed by atoms with van der Waals surface area (Å²) in [4.78, 5) is 18.3. The highest BCUT2D eigenvalue weighted by Crippen LogP contribution is 2.29. The fourth-order valence-corrected chi connectivity index (χ4v) is 4.49. The van der Waals surface area contributed by atoms with Gasteiger partial charge in [0.2, 0.25) is 5.82 Å². The fourth-order valence-electron chi connectivity index (χ4n) is 4.13. The van der Waals surface area contributed by atoms with Crippen LogP contribution in [0.1, 0.15) is 11.1 Å². The van der Waals surface area contributed by atoms with Crippen LogP contribution >= 0.6 is 23.2 Å². The van der Waals surface area contributed by atoms with Crippen molar-refractivity contribution in [3.63, 3.8) is 0 Å². The van der Waals surface area contributed by atoms with Crippen molar-refractivity contribution in [3.05, 3.63) is 128 Å². The Balaban J connectivity index is 1.44. The molecule has 6 aromatic rings. The van der Waals surface area contributed by atoms with Crippen molar-refractivity contribution in [3.8, 4) is 17.3 Å². The van der Waals surface area contributed by atoms with Crippen molar-refractivity contribution in [2.45, 2.75) is 6.61 Å². The van der Waals surface area contributed by atoms with Crippen molar-refractivity contribution < 1.29 is 13.5 Å². The quantitative estimate of drug-likeness (QED) is 0.196. The maximum Gasteiger partial charge on any atom is 0.282 e. The molecule has 6 nitrogen and oxygen atoms in total. The molecule has 0 radical (unpaired) electrons. The zero-order valence-electron chi connectivity index (χ0n) is 20.1. The molecule has 192 valence electrons. The summed E-state index contributed by atoms with van der Waals surface area (Å²) in [6.07, 6.45) is 1.48. The molecule has 39 heavy (non-hydrogen) atoms. The predicted molar refractivity (Wildman–Crippen MR) is 151 cm³/mol. The molecule has 0 aliphatic rings. The largest absolute Gasteiger partial charge is 0.488 e. The van der Waals surface area contributed by atoms with Crippen LogP contribution in [0, 0.1) is 5.82 Å². The molecule has 0 spiro atoms. The number of benzene rings is 4. The second-order valence-corrected chi connectivity index (χ2v) is 9.58. The van der Waals surface area contributed by atoms with Crippen LogP contribution in [0.3, 0.4) is 0 Å². The van der Waals surface area contributed by atoms with Crippen molar-refractivity contribution in [1.29, 1.82) is 0 Å². The van der Waals surface area contributed by atoms with E-state index in [1.807, 2.05) is 0 Å². The molecule has 0 aliphatic heterocycles. The van der Waals surface area contributed by atoms with E-state index in [-0.39, 0.29) is 23.8 Å². The van der Waals surface area contributed by atoms with E-state index in [0.717, 1.165) is 10.9 Å². The third kappa shape index (κ3) is 5.14. The summed E-state index contributed by atoms with van der Waals surface area (Å²) in [5.41, 5.74) is 2.05. The highest BCUT2D eigenvalue weighted by molar-refractivity contribution is 6.31. The van der Waals surface area contributed by atoms with Gasteiger partial charge in [-0.1, -0.05) is 47.5 Å². The zero-order valence-corrected chi connectivity index (χ0v) is 21.7. The Morgan fingerprint density at radius 2 is 1.72 bits per heavy atom. The first kappa shape index (κ1) is 24.9. The number of furan rings is 1. The molecule has 0 saturated heterocycles. The second-order valence-electron chi connectivity index (χ2n) is 8.70. The molecule has 0 aliphatic carbocycles. The van der Waals surface area contributed by atoms with Crippen LogP contribution in [-0.2, 0) is 6.61 Å². The maximum absolute atomic E-state index is 13.6. The second kappa shape index (κ2) is 10.4. The van der Waals surface area contributed by atoms with Crippen LogP contribution < -0.4 is 10.3 Å². The van der Waals surface area contributed by atoms with Gasteiger partial charge in [-0.25, -0.2) is 9.37 Å². The Morgan fingerprint density at radius 3 is 2.56 bits per heavy atom. The van der Waals surface area contributed by atoms with Crippen molar-refractivity contribution >= 4 is 51.3 Å². The molecule has 0 bridgehead atoms. The topological polar surface area (TPSA) is 69.6 Å². The zero-order chi connectivity index (χ0) is 26.9. The molecule has 6 rings (SSSR count). The van der Waals surface area contributed by atoms with Crippen LogP contribution in [0.5, 0.6) is 5.75 Å². The summed E-state index contributed by atoms with van der Waals surface area (Å²) < 4.78 is 26.4. The third-order valence-corrected chi connectivity index (χ3v) is 6.51. The van der Waals surface area contributed by atoms with Crippen LogP contribution in [-0.4, -0.2) is 15.9 Å². The Bertz CT molecular complexity index is 1930. The first-order valence-electron chi connectivity index (χ1n) is 11.9. The summed E-state index contributed by atoms with van der Waals surface area (Å²) in [5.74, 6) is 0.731. The summed E-state index contributed by atoms with van der Waals surface area (Å²) in [6.45, 7) is 0.201. The summed E-state index contributed by atoms with van der Waals surface area (Å²) >= 11 is 12.4. The number of halogens is 3. The van der Waals surface area contributed by atoms with Crippen LogP contribution in [0.25, 0.3) is 33.5 Å². The molecule has 2 heterocycles. The van der Waals surface area contributed by atoms with E-state index in [4.69, 9.17) is 37.3 Å². The van der Waals surface area contributed by atoms with Crippen LogP contribution in [0.2, 0.25) is 10.0 Å². The standard InChI is InChI=1S/C30H18Cl2FN3O3/c31-21-8-12-27-19(13-21)15-28(39-27)29-35-25-4-2-1-3-24(25)30(37)36(29)34-16-20-14-22(32)7-11-26(20)38-17-18-5-9-23(33)10-6-18/h1-16H,17H2. The molecule has 0 fully saturated rings. The summed E-state index contributed by atoms with van der Waals surface area (Å²) in [7, 11) is 0. The van der Waals surface area contributed by atoms with Gasteiger partial charge in [-0.3, -0.25) is 4.79 Å². The first-order chi connectivity index (χ1) is 18.9. The van der Waals surface area contributed by atoms with E-state index in [2.05, 4.69) is 5.10 Å². The molecule has 2 aromatic heterocycles. The smallest absolute Gasteiger partial charge is 0.282 e. The molecular formula is C30H18Cl2FN3O3. The number of ether oxygens (including phenoxy) is 1. The Labute approximate surface area is 231 Å². The molecule has 0 saturated carbocycles. The van der Waals surface area contributed by atoms with Crippen molar-refractivity contribution in [2.75, 3.05) is 0 Å². The van der Waals surface area contributed by atoms with Gasteiger partial charge in [0.25, 0.3) is 5.56 Å². The van der Waals surface area contributed by atoms with Crippen molar-refractivity contribution in [2.24, 2.45) is 5.10 Å². The van der Waals surface area contributed by atoms with E-state index < -0.39 is 0 Å². The lowest BCUT2D eigenvalue weighted by Crippen LogP contribution is -2.20. The van der Waals surface area contributed by atoms with E-state index in [1.54, 1.807) is 78.9 Å². The van der Waals surface area contributed by atoms with Gasteiger partial charge in [0.05, 0.1) is 17.1 Å². The van der Waals surface area contributed by atoms with E-state index in [9.17, 15) is 9.18 Å². The van der Waals surface area contributed by atoms with Gasteiger partial charge in [-0.15, -0.1) is 0 Å². The highest BCUT2D eigenvalue weighted by Gasteiger charge is 2.17. The lowest BCUT2D eigenvalue weighted by molar-refractivity contribution is 0.305. The number of aromatic nitrogens is 2. The minimum absolute atomic E-state index is 0.201. The van der Waals surface area contributed by atoms with E-state index >= 15 is 0 Å². The lowest BCUT2D eigenvalue weighted by atomic mass is 10.2. The summed E-state index contributed by atoms with van der Waals surface area (Å²) in [6, 6.07) is 25.1. The van der Waals surface area contributed by atoms with Gasteiger partial charge in [0.1, 0.15) is 23.8 Å². The number of hydrogen-bond donors (Lipinski definition) is 0. The Hall–Kier alpha value is -4.46. The minimum atomic E-state index is -0.374. The van der Waals surface area contributed by atoms with E-state index in [1.165, 1.54) is 23.0 Å². The number of fused-ring (bicyclic) bond motifs is 2. The van der Waals surface area contributed by atoms with Gasteiger partial charge in [0, 0.05) is 21.0 Å². The molecule has 0 amide bonds. The third-order valence-electron chi connectivity index (χ3n) is 6.04. The van der Waals surface area contributed by atoms with Gasteiger partial charge < -0.3 is 9.15 Å². The van der Waals surface area contributed by atoms with Gasteiger partial charge in [0.15, 0.2) is 5.76 Å². The van der Waals surface area contributed by atoms with Gasteiger partial charge >= 0.3 is 0 Å². The maximum atomic E-state index is 13.6. The van der Waals surface area contributed by atoms with Gasteiger partial charge in [-0.05, 0) is 72.3 Å². The minimum Gasteiger partial charge on any atom is -0.488 e. The SMILES string of the molecule is O=c1c2ccccc2nc(-c2cc3cc(Cl)ccc3o2)n1N=Cc1cc(Cl)ccc1OCc1ccc(F)cc1. The molecule has 0 atom stereocenters. The number of para-hydroxylation sites is 1. The predicted octanol–water partition coefficient (Wildman–Crippen LogP) is 7.72. The highest BCUT2D eigenvalue weighted by atomic mass is 35.5. The molecule has 9 heteroatoms. The lowest BCUT2D eigenvalue weighted by Gasteiger charge is -2.11. The normalized spacial score (nSPS) is 11.6. The van der Waals surface area contributed by atoms with Gasteiger partial charge in [-0.2, -0.15) is 9.78 Å². The Morgan fingerprint density at radius 1 is 0.949 bits per heavy atom. The molecule has 0 N–H and O–H groups in total. The average molecular weight is 558 g/mol. The van der Waals surface area contributed by atoms with E-state index in [0.29, 0.717) is 43.6 Å². The summed E-state index contributed by atoms with van der Waals surface area (Å²) in [5, 5.41) is 6.69. The molecule has 0 unspecified atom stereocenters. The number of hydrogen-bond acceptors (Lipinski definition) is 5. The van der Waals surface area contributed by atoms with Crippen molar-refractivity contribution in [1.82, 2.24) is 9.66 Å². The van der Waals surface area contributed by atoms with Crippen LogP contribution in [0.4, 0.5) is 4.39 Å².